The molecule has 2 heterocycles. The Hall–Kier alpha value is -2.96. The van der Waals surface area contributed by atoms with E-state index in [1.54, 1.807) is 35.3 Å². The SMILES string of the molecule is Cc1ccn(CCc2cccnc2)c(=O)c1CC(=O)NCc1cc(Cl)ccc1CN. The molecule has 3 rings (SSSR count). The highest BCUT2D eigenvalue weighted by atomic mass is 35.5. The Balaban J connectivity index is 1.67. The molecule has 1 aromatic carbocycles. The molecule has 0 spiro atoms. The van der Waals surface area contributed by atoms with Crippen LogP contribution in [0.5, 0.6) is 0 Å². The quantitative estimate of drug-likeness (QED) is 0.581. The van der Waals surface area contributed by atoms with Gasteiger partial charge in [0.2, 0.25) is 5.91 Å². The second-order valence-electron chi connectivity index (χ2n) is 7.16. The standard InChI is InChI=1S/C23H25ClN4O2/c1-16-6-9-28(10-7-17-3-2-8-26-14-17)23(30)21(16)12-22(29)27-15-19-11-20(24)5-4-18(19)13-25/h2-6,8-9,11,14H,7,10,12-13,15,25H2,1H3,(H,27,29). The summed E-state index contributed by atoms with van der Waals surface area (Å²) >= 11 is 6.05. The summed E-state index contributed by atoms with van der Waals surface area (Å²) in [5.41, 5.74) is 9.78. The summed E-state index contributed by atoms with van der Waals surface area (Å²) in [4.78, 5) is 29.5. The van der Waals surface area contributed by atoms with Gasteiger partial charge in [-0.2, -0.15) is 0 Å². The Morgan fingerprint density at radius 2 is 2.07 bits per heavy atom. The third kappa shape index (κ3) is 5.55. The molecule has 0 aliphatic carbocycles. The van der Waals surface area contributed by atoms with Gasteiger partial charge < -0.3 is 15.6 Å². The van der Waals surface area contributed by atoms with Crippen LogP contribution in [-0.4, -0.2) is 15.5 Å². The van der Waals surface area contributed by atoms with Crippen LogP contribution in [0, 0.1) is 6.92 Å². The lowest BCUT2D eigenvalue weighted by Crippen LogP contribution is -2.31. The van der Waals surface area contributed by atoms with Crippen LogP contribution in [0.3, 0.4) is 0 Å². The van der Waals surface area contributed by atoms with Gasteiger partial charge in [-0.3, -0.25) is 14.6 Å². The van der Waals surface area contributed by atoms with Gasteiger partial charge in [0.1, 0.15) is 0 Å². The van der Waals surface area contributed by atoms with Gasteiger partial charge in [-0.05, 0) is 59.9 Å². The number of carbonyl (C=O) groups excluding carboxylic acids is 1. The summed E-state index contributed by atoms with van der Waals surface area (Å²) < 4.78 is 1.64. The third-order valence-corrected chi connectivity index (χ3v) is 5.30. The Labute approximate surface area is 180 Å². The molecule has 2 aromatic heterocycles. The van der Waals surface area contributed by atoms with Crippen LogP contribution in [0.1, 0.15) is 27.8 Å². The fourth-order valence-electron chi connectivity index (χ4n) is 3.27. The van der Waals surface area contributed by atoms with Crippen molar-refractivity contribution in [1.29, 1.82) is 0 Å². The highest BCUT2D eigenvalue weighted by Crippen LogP contribution is 2.16. The van der Waals surface area contributed by atoms with Crippen LogP contribution in [0.25, 0.3) is 0 Å². The van der Waals surface area contributed by atoms with E-state index < -0.39 is 0 Å². The number of carbonyl (C=O) groups is 1. The van der Waals surface area contributed by atoms with E-state index in [1.165, 1.54) is 0 Å². The van der Waals surface area contributed by atoms with Gasteiger partial charge in [-0.15, -0.1) is 0 Å². The first-order valence-corrected chi connectivity index (χ1v) is 10.2. The van der Waals surface area contributed by atoms with E-state index in [1.807, 2.05) is 31.2 Å². The Kier molecular flexibility index (Phi) is 7.38. The van der Waals surface area contributed by atoms with Crippen LogP contribution in [0.2, 0.25) is 5.02 Å². The van der Waals surface area contributed by atoms with Crippen molar-refractivity contribution in [2.45, 2.75) is 39.4 Å². The molecule has 7 heteroatoms. The highest BCUT2D eigenvalue weighted by molar-refractivity contribution is 6.30. The molecule has 156 valence electrons. The predicted molar refractivity (Wildman–Crippen MR) is 118 cm³/mol. The highest BCUT2D eigenvalue weighted by Gasteiger charge is 2.13. The topological polar surface area (TPSA) is 90.0 Å². The van der Waals surface area contributed by atoms with Crippen molar-refractivity contribution in [2.75, 3.05) is 0 Å². The van der Waals surface area contributed by atoms with E-state index in [4.69, 9.17) is 17.3 Å². The summed E-state index contributed by atoms with van der Waals surface area (Å²) in [6, 6.07) is 11.1. The first kappa shape index (κ1) is 21.7. The largest absolute Gasteiger partial charge is 0.352 e. The number of rotatable bonds is 8. The average Bonchev–Trinajstić information content (AvgIpc) is 2.75. The number of nitrogens with zero attached hydrogens (tertiary/aromatic N) is 2. The summed E-state index contributed by atoms with van der Waals surface area (Å²) in [6.07, 6.45) is 6.00. The average molecular weight is 425 g/mol. The number of pyridine rings is 2. The first-order valence-electron chi connectivity index (χ1n) is 9.80. The Morgan fingerprint density at radius 1 is 1.23 bits per heavy atom. The number of amides is 1. The number of nitrogens with one attached hydrogen (secondary N) is 1. The molecule has 3 N–H and O–H groups in total. The van der Waals surface area contributed by atoms with Crippen LogP contribution in [0.4, 0.5) is 0 Å². The van der Waals surface area contributed by atoms with Crippen molar-refractivity contribution < 1.29 is 4.79 Å². The van der Waals surface area contributed by atoms with Gasteiger partial charge in [0.15, 0.2) is 0 Å². The minimum Gasteiger partial charge on any atom is -0.352 e. The summed E-state index contributed by atoms with van der Waals surface area (Å²) in [5, 5.41) is 3.46. The zero-order chi connectivity index (χ0) is 21.5. The molecule has 0 atom stereocenters. The van der Waals surface area contributed by atoms with E-state index in [-0.39, 0.29) is 17.9 Å². The molecule has 3 aromatic rings. The summed E-state index contributed by atoms with van der Waals surface area (Å²) in [7, 11) is 0. The van der Waals surface area contributed by atoms with E-state index in [0.717, 1.165) is 22.3 Å². The maximum atomic E-state index is 12.9. The van der Waals surface area contributed by atoms with Crippen molar-refractivity contribution in [2.24, 2.45) is 5.73 Å². The minimum atomic E-state index is -0.219. The number of hydrogen-bond acceptors (Lipinski definition) is 4. The lowest BCUT2D eigenvalue weighted by molar-refractivity contribution is -0.120. The Morgan fingerprint density at radius 3 is 2.80 bits per heavy atom. The molecule has 0 fully saturated rings. The van der Waals surface area contributed by atoms with E-state index in [0.29, 0.717) is 36.6 Å². The monoisotopic (exact) mass is 424 g/mol. The number of benzene rings is 1. The van der Waals surface area contributed by atoms with Crippen LogP contribution < -0.4 is 16.6 Å². The molecule has 0 aliphatic heterocycles. The first-order chi connectivity index (χ1) is 14.5. The molecule has 0 saturated heterocycles. The molecule has 6 nitrogen and oxygen atoms in total. The van der Waals surface area contributed by atoms with Crippen LogP contribution in [0.15, 0.2) is 59.8 Å². The third-order valence-electron chi connectivity index (χ3n) is 5.07. The molecule has 0 saturated carbocycles. The van der Waals surface area contributed by atoms with Gasteiger partial charge in [0.25, 0.3) is 5.56 Å². The minimum absolute atomic E-state index is 0.0247. The predicted octanol–water partition coefficient (Wildman–Crippen LogP) is 2.77. The second kappa shape index (κ2) is 10.2. The number of halogens is 1. The maximum Gasteiger partial charge on any atom is 0.254 e. The number of aromatic nitrogens is 2. The second-order valence-corrected chi connectivity index (χ2v) is 7.59. The van der Waals surface area contributed by atoms with E-state index >= 15 is 0 Å². The van der Waals surface area contributed by atoms with Gasteiger partial charge in [-0.1, -0.05) is 23.7 Å². The molecular weight excluding hydrogens is 400 g/mol. The van der Waals surface area contributed by atoms with Gasteiger partial charge in [0, 0.05) is 48.8 Å². The lowest BCUT2D eigenvalue weighted by Gasteiger charge is -2.12. The van der Waals surface area contributed by atoms with Crippen molar-refractivity contribution in [3.8, 4) is 0 Å². The van der Waals surface area contributed by atoms with Gasteiger partial charge in [-0.25, -0.2) is 0 Å². The Bertz CT molecular complexity index is 1080. The fraction of sp³-hybridized carbons (Fsp3) is 0.261. The van der Waals surface area contributed by atoms with E-state index in [9.17, 15) is 9.59 Å². The molecule has 1 amide bonds. The molecule has 0 radical (unpaired) electrons. The van der Waals surface area contributed by atoms with Crippen LogP contribution >= 0.6 is 11.6 Å². The number of hydrogen-bond donors (Lipinski definition) is 2. The molecule has 0 aliphatic rings. The van der Waals surface area contributed by atoms with Crippen molar-refractivity contribution in [3.05, 3.63) is 98.2 Å². The number of nitrogens with two attached hydrogens (primary N) is 1. The molecule has 30 heavy (non-hydrogen) atoms. The molecular formula is C23H25ClN4O2. The summed E-state index contributed by atoms with van der Waals surface area (Å²) in [6.45, 7) is 3.05. The maximum absolute atomic E-state index is 12.9. The zero-order valence-electron chi connectivity index (χ0n) is 16.9. The molecule has 0 bridgehead atoms. The van der Waals surface area contributed by atoms with Gasteiger partial charge in [0.05, 0.1) is 6.42 Å². The van der Waals surface area contributed by atoms with Gasteiger partial charge >= 0.3 is 0 Å². The van der Waals surface area contributed by atoms with E-state index in [2.05, 4.69) is 10.3 Å². The fourth-order valence-corrected chi connectivity index (χ4v) is 3.47. The molecule has 0 unspecified atom stereocenters. The number of aryl methyl sites for hydroxylation is 3. The van der Waals surface area contributed by atoms with Crippen LogP contribution in [-0.2, 0) is 37.3 Å². The zero-order valence-corrected chi connectivity index (χ0v) is 17.7. The summed E-state index contributed by atoms with van der Waals surface area (Å²) in [5.74, 6) is -0.219. The normalized spacial score (nSPS) is 10.8. The van der Waals surface area contributed by atoms with Crippen molar-refractivity contribution in [3.63, 3.8) is 0 Å². The lowest BCUT2D eigenvalue weighted by atomic mass is 10.1. The smallest absolute Gasteiger partial charge is 0.254 e. The van der Waals surface area contributed by atoms with Crippen molar-refractivity contribution >= 4 is 17.5 Å². The van der Waals surface area contributed by atoms with Crippen molar-refractivity contribution in [1.82, 2.24) is 14.9 Å².